The van der Waals surface area contributed by atoms with Crippen LogP contribution in [-0.2, 0) is 19.1 Å². The molecule has 1 aliphatic rings. The lowest BCUT2D eigenvalue weighted by Gasteiger charge is -2.25. The second-order valence-corrected chi connectivity index (χ2v) is 7.87. The fourth-order valence-electron chi connectivity index (χ4n) is 1.58. The zero-order chi connectivity index (χ0) is 15.8. The molecular formula is C16H26O4S2. The Morgan fingerprint density at radius 1 is 1.14 bits per heavy atom. The third-order valence-electron chi connectivity index (χ3n) is 2.72. The van der Waals surface area contributed by atoms with Crippen molar-refractivity contribution in [2.45, 2.75) is 44.8 Å². The Morgan fingerprint density at radius 2 is 1.68 bits per heavy atom. The van der Waals surface area contributed by atoms with E-state index in [-0.39, 0.29) is 14.0 Å². The smallest absolute Gasteiger partial charge is 0.333 e. The molecular weight excluding hydrogens is 320 g/mol. The highest BCUT2D eigenvalue weighted by molar-refractivity contribution is 8.17. The molecule has 0 radical (unpaired) electrons. The topological polar surface area (TPSA) is 52.6 Å². The van der Waals surface area contributed by atoms with Crippen LogP contribution in [0.5, 0.6) is 0 Å². The van der Waals surface area contributed by atoms with Crippen molar-refractivity contribution in [3.05, 3.63) is 24.3 Å². The highest BCUT2D eigenvalue weighted by atomic mass is 32.2. The molecule has 1 aliphatic heterocycles. The van der Waals surface area contributed by atoms with Gasteiger partial charge in [-0.2, -0.15) is 0 Å². The highest BCUT2D eigenvalue weighted by Gasteiger charge is 2.24. The van der Waals surface area contributed by atoms with Crippen LogP contribution in [0.4, 0.5) is 0 Å². The molecule has 0 saturated carbocycles. The maximum Gasteiger partial charge on any atom is 0.333 e. The second-order valence-electron chi connectivity index (χ2n) is 4.95. The van der Waals surface area contributed by atoms with E-state index in [2.05, 4.69) is 13.2 Å². The largest absolute Gasteiger partial charge is 0.458 e. The van der Waals surface area contributed by atoms with Gasteiger partial charge in [-0.1, -0.05) is 20.6 Å². The summed E-state index contributed by atoms with van der Waals surface area (Å²) in [4.78, 5) is 23.1. The number of thioether (sulfide) groups is 2. The van der Waals surface area contributed by atoms with Crippen molar-refractivity contribution >= 4 is 35.5 Å². The van der Waals surface area contributed by atoms with E-state index in [0.717, 1.165) is 11.5 Å². The lowest BCUT2D eigenvalue weighted by atomic mass is 10.2. The van der Waals surface area contributed by atoms with Crippen molar-refractivity contribution in [2.75, 3.05) is 18.1 Å². The molecule has 1 rings (SSSR count). The molecule has 22 heavy (non-hydrogen) atoms. The van der Waals surface area contributed by atoms with Gasteiger partial charge in [0.2, 0.25) is 0 Å². The van der Waals surface area contributed by atoms with Gasteiger partial charge in [0, 0.05) is 17.6 Å². The van der Waals surface area contributed by atoms with Crippen molar-refractivity contribution < 1.29 is 19.1 Å². The first kappa shape index (κ1) is 21.1. The monoisotopic (exact) mass is 346 g/mol. The predicted octanol–water partition coefficient (Wildman–Crippen LogP) is 3.82. The molecule has 0 aromatic rings. The van der Waals surface area contributed by atoms with Gasteiger partial charge in [0.1, 0.15) is 12.7 Å². The summed E-state index contributed by atoms with van der Waals surface area (Å²) >= 11 is 3.72. The normalized spacial score (nSPS) is 16.1. The fourth-order valence-corrected chi connectivity index (χ4v) is 4.58. The van der Waals surface area contributed by atoms with Crippen molar-refractivity contribution in [2.24, 2.45) is 0 Å². The summed E-state index contributed by atoms with van der Waals surface area (Å²) in [6.07, 6.45) is 1.42. The summed E-state index contributed by atoms with van der Waals surface area (Å²) < 4.78 is 10.9. The van der Waals surface area contributed by atoms with Gasteiger partial charge < -0.3 is 9.47 Å². The second kappa shape index (κ2) is 10.8. The van der Waals surface area contributed by atoms with Crippen LogP contribution in [0, 0.1) is 0 Å². The minimum absolute atomic E-state index is 0. The Labute approximate surface area is 142 Å². The van der Waals surface area contributed by atoms with E-state index < -0.39 is 18.0 Å². The highest BCUT2D eigenvalue weighted by Crippen LogP contribution is 2.34. The van der Waals surface area contributed by atoms with Gasteiger partial charge in [-0.15, -0.1) is 23.5 Å². The van der Waals surface area contributed by atoms with Crippen LogP contribution in [0.1, 0.15) is 34.1 Å². The van der Waals surface area contributed by atoms with Crippen LogP contribution in [0.2, 0.25) is 0 Å². The van der Waals surface area contributed by atoms with E-state index in [1.165, 1.54) is 6.42 Å². The summed E-state index contributed by atoms with van der Waals surface area (Å²) in [7, 11) is 0. The molecule has 126 valence electrons. The van der Waals surface area contributed by atoms with Gasteiger partial charge in [0.05, 0.1) is 4.58 Å². The molecule has 1 saturated heterocycles. The maximum atomic E-state index is 11.7. The molecule has 4 nitrogen and oxygen atoms in total. The zero-order valence-corrected chi connectivity index (χ0v) is 14.2. The fraction of sp³-hybridized carbons (Fsp3) is 0.625. The minimum atomic E-state index is -0.463. The first-order chi connectivity index (χ1) is 9.90. The molecule has 0 aliphatic carbocycles. The molecule has 0 N–H and O–H groups in total. The quantitative estimate of drug-likeness (QED) is 0.516. The van der Waals surface area contributed by atoms with Gasteiger partial charge >= 0.3 is 11.9 Å². The van der Waals surface area contributed by atoms with Crippen LogP contribution >= 0.6 is 23.5 Å². The maximum absolute atomic E-state index is 11.7. The third kappa shape index (κ3) is 7.94. The Hall–Kier alpha value is -0.880. The minimum Gasteiger partial charge on any atom is -0.458 e. The lowest BCUT2D eigenvalue weighted by Crippen LogP contribution is -2.29. The van der Waals surface area contributed by atoms with E-state index >= 15 is 0 Å². The van der Waals surface area contributed by atoms with Crippen LogP contribution in [0.15, 0.2) is 24.3 Å². The Bertz CT molecular complexity index is 414. The van der Waals surface area contributed by atoms with E-state index in [1.807, 2.05) is 23.5 Å². The number of hydrogen-bond donors (Lipinski definition) is 0. The summed E-state index contributed by atoms with van der Waals surface area (Å²) in [6.45, 7) is 10.4. The average Bonchev–Trinajstić information content (AvgIpc) is 2.45. The Balaban J connectivity index is 0.00000441. The van der Waals surface area contributed by atoms with E-state index in [4.69, 9.17) is 9.47 Å². The molecule has 0 aromatic heterocycles. The van der Waals surface area contributed by atoms with Crippen molar-refractivity contribution in [3.8, 4) is 0 Å². The number of hydrogen-bond acceptors (Lipinski definition) is 6. The number of carbonyl (C=O) groups is 2. The molecule has 1 unspecified atom stereocenters. The van der Waals surface area contributed by atoms with Gasteiger partial charge in [-0.3, -0.25) is 0 Å². The van der Waals surface area contributed by atoms with Crippen molar-refractivity contribution in [3.63, 3.8) is 0 Å². The zero-order valence-electron chi connectivity index (χ0n) is 12.6. The first-order valence-electron chi connectivity index (χ1n) is 6.82. The summed E-state index contributed by atoms with van der Waals surface area (Å²) in [6, 6.07) is 0. The average molecular weight is 347 g/mol. The summed E-state index contributed by atoms with van der Waals surface area (Å²) in [5, 5.41) is 0. The Kier molecular flexibility index (Phi) is 10.3. The summed E-state index contributed by atoms with van der Waals surface area (Å²) in [5.41, 5.74) is 0.677. The standard InChI is InChI=1S/C15H22O4S2.CH4/c1-10(2)14(16)18-9-12(19-15(17)11(3)4)8-13-20-6-5-7-21-13;/h12-13H,1,3,5-9H2,2,4H3;1H4. The van der Waals surface area contributed by atoms with Gasteiger partial charge in [0.25, 0.3) is 0 Å². The van der Waals surface area contributed by atoms with Crippen molar-refractivity contribution in [1.82, 2.24) is 0 Å². The van der Waals surface area contributed by atoms with Crippen LogP contribution in [0.25, 0.3) is 0 Å². The molecule has 1 fully saturated rings. The molecule has 0 amide bonds. The number of carbonyl (C=O) groups excluding carboxylic acids is 2. The Morgan fingerprint density at radius 3 is 2.18 bits per heavy atom. The van der Waals surface area contributed by atoms with E-state index in [1.54, 1.807) is 13.8 Å². The van der Waals surface area contributed by atoms with Crippen LogP contribution in [-0.4, -0.2) is 40.7 Å². The van der Waals surface area contributed by atoms with Gasteiger partial charge in [0.15, 0.2) is 0 Å². The van der Waals surface area contributed by atoms with Gasteiger partial charge in [-0.25, -0.2) is 9.59 Å². The van der Waals surface area contributed by atoms with E-state index in [0.29, 0.717) is 22.1 Å². The molecule has 0 spiro atoms. The van der Waals surface area contributed by atoms with Crippen molar-refractivity contribution in [1.29, 1.82) is 0 Å². The van der Waals surface area contributed by atoms with Gasteiger partial charge in [-0.05, 0) is 31.8 Å². The molecule has 1 atom stereocenters. The number of rotatable bonds is 7. The van der Waals surface area contributed by atoms with Crippen LogP contribution < -0.4 is 0 Å². The SMILES string of the molecule is C.C=C(C)C(=O)OCC(CC1SCCCS1)OC(=O)C(=C)C. The molecule has 6 heteroatoms. The third-order valence-corrected chi connectivity index (χ3v) is 5.72. The lowest BCUT2D eigenvalue weighted by molar-refractivity contribution is -0.154. The molecule has 0 bridgehead atoms. The first-order valence-corrected chi connectivity index (χ1v) is 8.92. The molecule has 1 heterocycles. The van der Waals surface area contributed by atoms with E-state index in [9.17, 15) is 9.59 Å². The number of esters is 2. The molecule has 0 aromatic carbocycles. The summed E-state index contributed by atoms with van der Waals surface area (Å²) in [5.74, 6) is 1.32. The number of ether oxygens (including phenoxy) is 2. The predicted molar refractivity (Wildman–Crippen MR) is 95.1 cm³/mol. The van der Waals surface area contributed by atoms with Crippen LogP contribution in [0.3, 0.4) is 0 Å².